The number of rotatable bonds is 5. The maximum atomic E-state index is 11.0. The molecule has 0 aliphatic heterocycles. The molecule has 1 aromatic carbocycles. The van der Waals surface area contributed by atoms with Gasteiger partial charge in [0.1, 0.15) is 5.69 Å². The van der Waals surface area contributed by atoms with Crippen LogP contribution < -0.4 is 5.32 Å². The third kappa shape index (κ3) is 3.94. The highest BCUT2D eigenvalue weighted by Crippen LogP contribution is 2.29. The number of nitro benzene ring substituents is 1. The molecular formula is C16H25N3O2. The third-order valence-corrected chi connectivity index (χ3v) is 4.49. The Hall–Kier alpha value is -1.62. The van der Waals surface area contributed by atoms with Crippen molar-refractivity contribution in [2.45, 2.75) is 45.2 Å². The summed E-state index contributed by atoms with van der Waals surface area (Å²) >= 11 is 0. The first kappa shape index (κ1) is 15.8. The number of nitro groups is 1. The van der Waals surface area contributed by atoms with Crippen molar-refractivity contribution in [1.82, 2.24) is 4.90 Å². The summed E-state index contributed by atoms with van der Waals surface area (Å²) in [7, 11) is 3.88. The van der Waals surface area contributed by atoms with Gasteiger partial charge in [-0.1, -0.05) is 25.8 Å². The lowest BCUT2D eigenvalue weighted by Gasteiger charge is -2.34. The van der Waals surface area contributed by atoms with E-state index in [1.807, 2.05) is 12.1 Å². The van der Waals surface area contributed by atoms with Crippen LogP contribution >= 0.6 is 0 Å². The van der Waals surface area contributed by atoms with Crippen LogP contribution in [0.5, 0.6) is 0 Å². The van der Waals surface area contributed by atoms with Crippen LogP contribution in [0.2, 0.25) is 0 Å². The van der Waals surface area contributed by atoms with E-state index in [0.717, 1.165) is 18.0 Å². The van der Waals surface area contributed by atoms with E-state index in [2.05, 4.69) is 24.2 Å². The Kier molecular flexibility index (Phi) is 5.17. The molecule has 5 heteroatoms. The minimum absolute atomic E-state index is 0.134. The van der Waals surface area contributed by atoms with Crippen molar-refractivity contribution in [3.63, 3.8) is 0 Å². The molecule has 5 nitrogen and oxygen atoms in total. The second-order valence-corrected chi connectivity index (χ2v) is 6.20. The SMILES string of the molecule is CNc1cc(CN(C)C2CCCC(C)C2)ccc1[N+](=O)[O-]. The fourth-order valence-corrected chi connectivity index (χ4v) is 3.26. The quantitative estimate of drug-likeness (QED) is 0.664. The Morgan fingerprint density at radius 3 is 2.81 bits per heavy atom. The molecule has 1 aromatic rings. The predicted octanol–water partition coefficient (Wildman–Crippen LogP) is 3.65. The molecule has 1 N–H and O–H groups in total. The van der Waals surface area contributed by atoms with Crippen molar-refractivity contribution in [2.24, 2.45) is 5.92 Å². The summed E-state index contributed by atoms with van der Waals surface area (Å²) in [6.45, 7) is 3.16. The third-order valence-electron chi connectivity index (χ3n) is 4.49. The van der Waals surface area contributed by atoms with Crippen LogP contribution in [-0.4, -0.2) is 30.0 Å². The van der Waals surface area contributed by atoms with E-state index in [-0.39, 0.29) is 10.6 Å². The zero-order valence-electron chi connectivity index (χ0n) is 13.1. The predicted molar refractivity (Wildman–Crippen MR) is 85.5 cm³/mol. The first-order valence-electron chi connectivity index (χ1n) is 7.66. The van der Waals surface area contributed by atoms with Crippen LogP contribution in [-0.2, 0) is 6.54 Å². The fraction of sp³-hybridized carbons (Fsp3) is 0.625. The molecule has 2 rings (SSSR count). The molecule has 0 radical (unpaired) electrons. The van der Waals surface area contributed by atoms with Crippen molar-refractivity contribution >= 4 is 11.4 Å². The average molecular weight is 291 g/mol. The summed E-state index contributed by atoms with van der Waals surface area (Å²) in [5.74, 6) is 0.802. The molecule has 0 spiro atoms. The Morgan fingerprint density at radius 1 is 1.43 bits per heavy atom. The zero-order chi connectivity index (χ0) is 15.4. The highest BCUT2D eigenvalue weighted by Gasteiger charge is 2.22. The number of hydrogen-bond donors (Lipinski definition) is 1. The lowest BCUT2D eigenvalue weighted by atomic mass is 9.86. The van der Waals surface area contributed by atoms with Gasteiger partial charge in [-0.3, -0.25) is 15.0 Å². The molecule has 0 saturated heterocycles. The summed E-state index contributed by atoms with van der Waals surface area (Å²) in [5.41, 5.74) is 1.84. The Bertz CT molecular complexity index is 504. The minimum Gasteiger partial charge on any atom is -0.383 e. The van der Waals surface area contributed by atoms with Crippen molar-refractivity contribution < 1.29 is 4.92 Å². The number of nitrogens with one attached hydrogen (secondary N) is 1. The van der Waals surface area contributed by atoms with E-state index in [9.17, 15) is 10.1 Å². The molecule has 1 fully saturated rings. The van der Waals surface area contributed by atoms with Gasteiger partial charge in [0.05, 0.1) is 4.92 Å². The van der Waals surface area contributed by atoms with Crippen molar-refractivity contribution in [3.8, 4) is 0 Å². The maximum Gasteiger partial charge on any atom is 0.292 e. The van der Waals surface area contributed by atoms with Crippen LogP contribution in [0.1, 0.15) is 38.2 Å². The first-order valence-corrected chi connectivity index (χ1v) is 7.66. The molecule has 0 aromatic heterocycles. The lowest BCUT2D eigenvalue weighted by molar-refractivity contribution is -0.384. The Labute approximate surface area is 126 Å². The molecule has 21 heavy (non-hydrogen) atoms. The van der Waals surface area contributed by atoms with Gasteiger partial charge in [0, 0.05) is 25.7 Å². The van der Waals surface area contributed by atoms with E-state index in [1.54, 1.807) is 13.1 Å². The number of anilines is 1. The standard InChI is InChI=1S/C16H25N3O2/c1-12-5-4-6-14(9-12)18(3)11-13-7-8-16(19(20)21)15(10-13)17-2/h7-8,10,12,14,17H,4-6,9,11H2,1-3H3. The number of hydrogen-bond acceptors (Lipinski definition) is 4. The second kappa shape index (κ2) is 6.89. The van der Waals surface area contributed by atoms with E-state index >= 15 is 0 Å². The molecule has 0 amide bonds. The molecule has 0 heterocycles. The highest BCUT2D eigenvalue weighted by atomic mass is 16.6. The minimum atomic E-state index is -0.345. The molecule has 1 aliphatic rings. The molecule has 2 unspecified atom stereocenters. The van der Waals surface area contributed by atoms with Crippen LogP contribution in [0.15, 0.2) is 18.2 Å². The monoisotopic (exact) mass is 291 g/mol. The fourth-order valence-electron chi connectivity index (χ4n) is 3.26. The van der Waals surface area contributed by atoms with E-state index in [4.69, 9.17) is 0 Å². The number of nitrogens with zero attached hydrogens (tertiary/aromatic N) is 2. The van der Waals surface area contributed by atoms with Crippen LogP contribution in [0.4, 0.5) is 11.4 Å². The van der Waals surface area contributed by atoms with Crippen LogP contribution in [0.3, 0.4) is 0 Å². The van der Waals surface area contributed by atoms with Crippen molar-refractivity contribution in [2.75, 3.05) is 19.4 Å². The van der Waals surface area contributed by atoms with Gasteiger partial charge in [-0.2, -0.15) is 0 Å². The first-order chi connectivity index (χ1) is 10.0. The van der Waals surface area contributed by atoms with Gasteiger partial charge in [0.25, 0.3) is 5.69 Å². The second-order valence-electron chi connectivity index (χ2n) is 6.20. The highest BCUT2D eigenvalue weighted by molar-refractivity contribution is 5.62. The van der Waals surface area contributed by atoms with Gasteiger partial charge in [0.2, 0.25) is 0 Å². The van der Waals surface area contributed by atoms with Crippen LogP contribution in [0, 0.1) is 16.0 Å². The van der Waals surface area contributed by atoms with Crippen molar-refractivity contribution in [1.29, 1.82) is 0 Å². The van der Waals surface area contributed by atoms with Gasteiger partial charge < -0.3 is 5.32 Å². The summed E-state index contributed by atoms with van der Waals surface area (Å²) in [6, 6.07) is 5.98. The molecule has 0 bridgehead atoms. The Morgan fingerprint density at radius 2 is 2.19 bits per heavy atom. The van der Waals surface area contributed by atoms with Gasteiger partial charge in [-0.25, -0.2) is 0 Å². The van der Waals surface area contributed by atoms with Gasteiger partial charge in [0.15, 0.2) is 0 Å². The van der Waals surface area contributed by atoms with Gasteiger partial charge in [-0.05, 0) is 37.4 Å². The maximum absolute atomic E-state index is 11.0. The lowest BCUT2D eigenvalue weighted by Crippen LogP contribution is -2.35. The molecule has 1 saturated carbocycles. The van der Waals surface area contributed by atoms with E-state index in [1.165, 1.54) is 25.7 Å². The largest absolute Gasteiger partial charge is 0.383 e. The normalized spacial score (nSPS) is 22.3. The van der Waals surface area contributed by atoms with E-state index in [0.29, 0.717) is 11.7 Å². The molecule has 2 atom stereocenters. The number of benzene rings is 1. The van der Waals surface area contributed by atoms with Gasteiger partial charge >= 0.3 is 0 Å². The smallest absolute Gasteiger partial charge is 0.292 e. The zero-order valence-corrected chi connectivity index (χ0v) is 13.1. The summed E-state index contributed by atoms with van der Waals surface area (Å²) in [6.07, 6.45) is 5.15. The van der Waals surface area contributed by atoms with Crippen molar-refractivity contribution in [3.05, 3.63) is 33.9 Å². The molecular weight excluding hydrogens is 266 g/mol. The molecule has 116 valence electrons. The Balaban J connectivity index is 2.06. The van der Waals surface area contributed by atoms with Crippen LogP contribution in [0.25, 0.3) is 0 Å². The van der Waals surface area contributed by atoms with Gasteiger partial charge in [-0.15, -0.1) is 0 Å². The summed E-state index contributed by atoms with van der Waals surface area (Å²) < 4.78 is 0. The summed E-state index contributed by atoms with van der Waals surface area (Å²) in [4.78, 5) is 13.0. The van der Waals surface area contributed by atoms with E-state index < -0.39 is 0 Å². The average Bonchev–Trinajstić information content (AvgIpc) is 2.46. The molecule has 1 aliphatic carbocycles. The summed E-state index contributed by atoms with van der Waals surface area (Å²) in [5, 5.41) is 13.9. The topological polar surface area (TPSA) is 58.4 Å².